The zero-order chi connectivity index (χ0) is 12.0. The van der Waals surface area contributed by atoms with E-state index in [0.717, 1.165) is 5.75 Å². The summed E-state index contributed by atoms with van der Waals surface area (Å²) in [7, 11) is 0. The summed E-state index contributed by atoms with van der Waals surface area (Å²) in [6.45, 7) is 2.06. The molecule has 1 unspecified atom stereocenters. The molecule has 7 heteroatoms. The summed E-state index contributed by atoms with van der Waals surface area (Å²) in [5, 5.41) is 20.8. The highest BCUT2D eigenvalue weighted by molar-refractivity contribution is 7.99. The van der Waals surface area contributed by atoms with Crippen molar-refractivity contribution >= 4 is 17.6 Å². The Bertz CT molecular complexity index is 372. The number of oxime groups is 1. The lowest BCUT2D eigenvalue weighted by molar-refractivity contribution is 0.250. The maximum Gasteiger partial charge on any atom is 0.188 e. The van der Waals surface area contributed by atoms with Gasteiger partial charge in [-0.25, -0.2) is 9.97 Å². The molecule has 0 aliphatic heterocycles. The molecule has 6 nitrogen and oxygen atoms in total. The summed E-state index contributed by atoms with van der Waals surface area (Å²) in [4.78, 5) is 8.14. The Hall–Kier alpha value is -1.34. The molecule has 0 saturated heterocycles. The molecule has 1 heterocycles. The second-order valence-electron chi connectivity index (χ2n) is 3.31. The summed E-state index contributed by atoms with van der Waals surface area (Å²) in [5.74, 6) is 0.858. The van der Waals surface area contributed by atoms with E-state index in [9.17, 15) is 0 Å². The molecule has 0 aromatic carbocycles. The number of aliphatic hydroxyl groups is 1. The van der Waals surface area contributed by atoms with Crippen LogP contribution in [-0.2, 0) is 0 Å². The molecule has 0 fully saturated rings. The van der Waals surface area contributed by atoms with Crippen LogP contribution >= 0.6 is 11.8 Å². The smallest absolute Gasteiger partial charge is 0.188 e. The van der Waals surface area contributed by atoms with Crippen LogP contribution in [0.3, 0.4) is 0 Å². The van der Waals surface area contributed by atoms with E-state index in [4.69, 9.17) is 16.0 Å². The number of hydrogen-bond acceptors (Lipinski definition) is 6. The largest absolute Gasteiger partial charge is 0.409 e. The minimum Gasteiger partial charge on any atom is -0.409 e. The van der Waals surface area contributed by atoms with Gasteiger partial charge in [-0.2, -0.15) is 0 Å². The number of thioether (sulfide) groups is 1. The summed E-state index contributed by atoms with van der Waals surface area (Å²) >= 11 is 1.42. The van der Waals surface area contributed by atoms with Gasteiger partial charge >= 0.3 is 0 Å². The molecule has 1 atom stereocenters. The molecule has 0 aliphatic carbocycles. The van der Waals surface area contributed by atoms with Crippen LogP contribution in [0, 0.1) is 5.92 Å². The van der Waals surface area contributed by atoms with Gasteiger partial charge in [0.25, 0.3) is 0 Å². The van der Waals surface area contributed by atoms with Gasteiger partial charge in [-0.15, -0.1) is 0 Å². The normalized spacial score (nSPS) is 13.8. The number of hydrogen-bond donors (Lipinski definition) is 3. The molecular weight excluding hydrogens is 228 g/mol. The number of nitrogens with zero attached hydrogens (tertiary/aromatic N) is 3. The minimum atomic E-state index is -0.0422. The topological polar surface area (TPSA) is 105 Å². The molecule has 0 spiro atoms. The third kappa shape index (κ3) is 3.67. The SMILES string of the molecule is CC(CO)CSc1nccc(/C(N)=N/O)n1. The average Bonchev–Trinajstić information content (AvgIpc) is 2.35. The summed E-state index contributed by atoms with van der Waals surface area (Å²) in [6.07, 6.45) is 1.55. The van der Waals surface area contributed by atoms with Crippen molar-refractivity contribution in [1.82, 2.24) is 9.97 Å². The molecule has 88 valence electrons. The number of nitrogens with two attached hydrogens (primary N) is 1. The van der Waals surface area contributed by atoms with E-state index in [1.807, 2.05) is 6.92 Å². The number of rotatable bonds is 5. The van der Waals surface area contributed by atoms with Gasteiger partial charge in [-0.3, -0.25) is 0 Å². The molecule has 0 amide bonds. The zero-order valence-electron chi connectivity index (χ0n) is 8.87. The van der Waals surface area contributed by atoms with E-state index >= 15 is 0 Å². The first-order valence-corrected chi connectivity index (χ1v) is 5.70. The molecular formula is C9H14N4O2S. The van der Waals surface area contributed by atoms with Crippen LogP contribution in [-0.4, -0.2) is 38.5 Å². The summed E-state index contributed by atoms with van der Waals surface area (Å²) in [5.41, 5.74) is 5.79. The first kappa shape index (κ1) is 12.7. The van der Waals surface area contributed by atoms with Crippen molar-refractivity contribution in [2.24, 2.45) is 16.8 Å². The van der Waals surface area contributed by atoms with E-state index in [1.165, 1.54) is 11.8 Å². The molecule has 0 radical (unpaired) electrons. The second-order valence-corrected chi connectivity index (χ2v) is 4.30. The van der Waals surface area contributed by atoms with Crippen LogP contribution in [0.4, 0.5) is 0 Å². The van der Waals surface area contributed by atoms with Gasteiger partial charge in [0, 0.05) is 18.6 Å². The Morgan fingerprint density at radius 1 is 1.69 bits per heavy atom. The molecule has 0 bridgehead atoms. The highest BCUT2D eigenvalue weighted by atomic mass is 32.2. The molecule has 1 rings (SSSR count). The van der Waals surface area contributed by atoms with Gasteiger partial charge in [0.05, 0.1) is 0 Å². The Morgan fingerprint density at radius 2 is 2.44 bits per heavy atom. The Kier molecular flexibility index (Phi) is 5.00. The second kappa shape index (κ2) is 6.29. The fourth-order valence-electron chi connectivity index (χ4n) is 0.874. The maximum atomic E-state index is 8.87. The standard InChI is InChI=1S/C9H14N4O2S/c1-6(4-14)5-16-9-11-3-2-7(12-9)8(10)13-15/h2-3,6,14-15H,4-5H2,1H3,(H2,10,13). The predicted molar refractivity (Wildman–Crippen MR) is 61.5 cm³/mol. The van der Waals surface area contributed by atoms with Gasteiger partial charge < -0.3 is 16.0 Å². The van der Waals surface area contributed by atoms with Gasteiger partial charge in [0.1, 0.15) is 5.69 Å². The fourth-order valence-corrected chi connectivity index (χ4v) is 1.71. The van der Waals surface area contributed by atoms with Crippen molar-refractivity contribution in [2.45, 2.75) is 12.1 Å². The van der Waals surface area contributed by atoms with Crippen molar-refractivity contribution in [3.63, 3.8) is 0 Å². The third-order valence-electron chi connectivity index (χ3n) is 1.81. The van der Waals surface area contributed by atoms with Gasteiger partial charge in [-0.1, -0.05) is 23.8 Å². The lowest BCUT2D eigenvalue weighted by Crippen LogP contribution is -2.15. The van der Waals surface area contributed by atoms with E-state index in [1.54, 1.807) is 12.3 Å². The van der Waals surface area contributed by atoms with Crippen LogP contribution in [0.2, 0.25) is 0 Å². The van der Waals surface area contributed by atoms with E-state index in [2.05, 4.69) is 15.1 Å². The van der Waals surface area contributed by atoms with Crippen molar-refractivity contribution < 1.29 is 10.3 Å². The van der Waals surface area contributed by atoms with Crippen LogP contribution in [0.5, 0.6) is 0 Å². The van der Waals surface area contributed by atoms with Gasteiger partial charge in [-0.05, 0) is 12.0 Å². The lowest BCUT2D eigenvalue weighted by Gasteiger charge is -2.06. The fraction of sp³-hybridized carbons (Fsp3) is 0.444. The number of amidine groups is 1. The number of aromatic nitrogens is 2. The molecule has 0 saturated carbocycles. The molecule has 1 aromatic rings. The van der Waals surface area contributed by atoms with Crippen LogP contribution < -0.4 is 5.73 Å². The Labute approximate surface area is 97.6 Å². The Morgan fingerprint density at radius 3 is 3.06 bits per heavy atom. The maximum absolute atomic E-state index is 8.87. The summed E-state index contributed by atoms with van der Waals surface area (Å²) < 4.78 is 0. The average molecular weight is 242 g/mol. The highest BCUT2D eigenvalue weighted by Gasteiger charge is 2.06. The highest BCUT2D eigenvalue weighted by Crippen LogP contribution is 2.16. The zero-order valence-corrected chi connectivity index (χ0v) is 9.68. The quantitative estimate of drug-likeness (QED) is 0.171. The first-order valence-electron chi connectivity index (χ1n) is 4.72. The Balaban J connectivity index is 2.68. The van der Waals surface area contributed by atoms with E-state index in [-0.39, 0.29) is 18.4 Å². The monoisotopic (exact) mass is 242 g/mol. The van der Waals surface area contributed by atoms with Gasteiger partial charge in [0.15, 0.2) is 11.0 Å². The van der Waals surface area contributed by atoms with Crippen LogP contribution in [0.25, 0.3) is 0 Å². The molecule has 1 aromatic heterocycles. The van der Waals surface area contributed by atoms with Crippen LogP contribution in [0.15, 0.2) is 22.6 Å². The first-order chi connectivity index (χ1) is 7.67. The molecule has 0 aliphatic rings. The molecule has 4 N–H and O–H groups in total. The van der Waals surface area contributed by atoms with Crippen molar-refractivity contribution in [3.05, 3.63) is 18.0 Å². The van der Waals surface area contributed by atoms with E-state index < -0.39 is 0 Å². The van der Waals surface area contributed by atoms with Crippen molar-refractivity contribution in [3.8, 4) is 0 Å². The molecule has 16 heavy (non-hydrogen) atoms. The van der Waals surface area contributed by atoms with Crippen molar-refractivity contribution in [1.29, 1.82) is 0 Å². The third-order valence-corrected chi connectivity index (χ3v) is 3.00. The predicted octanol–water partition coefficient (Wildman–Crippen LogP) is 0.292. The van der Waals surface area contributed by atoms with E-state index in [0.29, 0.717) is 10.9 Å². The van der Waals surface area contributed by atoms with Crippen LogP contribution in [0.1, 0.15) is 12.6 Å². The van der Waals surface area contributed by atoms with Gasteiger partial charge in [0.2, 0.25) is 0 Å². The number of aliphatic hydroxyl groups excluding tert-OH is 1. The van der Waals surface area contributed by atoms with Crippen molar-refractivity contribution in [2.75, 3.05) is 12.4 Å². The minimum absolute atomic E-state index is 0.0422. The summed E-state index contributed by atoms with van der Waals surface area (Å²) in [6, 6.07) is 1.56. The lowest BCUT2D eigenvalue weighted by atomic mass is 10.2.